The smallest absolute Gasteiger partial charge is 0.335 e. The Morgan fingerprint density at radius 2 is 1.52 bits per heavy atom. The minimum Gasteiger partial charge on any atom is -0.466 e. The highest BCUT2D eigenvalue weighted by atomic mass is 32.2. The van der Waals surface area contributed by atoms with Gasteiger partial charge in [-0.15, -0.1) is 0 Å². The van der Waals surface area contributed by atoms with Crippen LogP contribution in [0.25, 0.3) is 0 Å². The number of carbonyl (C=O) groups excluding carboxylic acids is 3. The normalized spacial score (nSPS) is 12.1. The highest BCUT2D eigenvalue weighted by Gasteiger charge is 2.32. The Labute approximate surface area is 135 Å². The van der Waals surface area contributed by atoms with E-state index < -0.39 is 38.9 Å². The molecule has 0 aromatic heterocycles. The van der Waals surface area contributed by atoms with E-state index in [-0.39, 0.29) is 4.90 Å². The van der Waals surface area contributed by atoms with E-state index in [1.54, 1.807) is 19.1 Å². The zero-order valence-corrected chi connectivity index (χ0v) is 14.1. The lowest BCUT2D eigenvalue weighted by molar-refractivity contribution is -0.140. The number of carbonyl (C=O) groups is 3. The molecular formula is C16H18O6S. The van der Waals surface area contributed by atoms with E-state index in [0.717, 1.165) is 26.5 Å². The first kappa shape index (κ1) is 18.8. The Bertz CT molecular complexity index is 742. The molecule has 0 atom stereocenters. The monoisotopic (exact) mass is 338 g/mol. The van der Waals surface area contributed by atoms with Crippen molar-refractivity contribution >= 4 is 27.4 Å². The molecule has 0 amide bonds. The van der Waals surface area contributed by atoms with Gasteiger partial charge < -0.3 is 4.74 Å². The number of benzene rings is 1. The summed E-state index contributed by atoms with van der Waals surface area (Å²) in [5, 5.41) is 0.636. The third kappa shape index (κ3) is 4.59. The molecule has 23 heavy (non-hydrogen) atoms. The maximum atomic E-state index is 12.4. The summed E-state index contributed by atoms with van der Waals surface area (Å²) in [6.07, 6.45) is 0. The highest BCUT2D eigenvalue weighted by Crippen LogP contribution is 2.21. The van der Waals surface area contributed by atoms with Crippen LogP contribution in [0.1, 0.15) is 19.4 Å². The first-order valence-corrected chi connectivity index (χ1v) is 8.27. The average molecular weight is 338 g/mol. The molecule has 0 aliphatic heterocycles. The molecule has 0 N–H and O–H groups in total. The van der Waals surface area contributed by atoms with Crippen molar-refractivity contribution in [1.29, 1.82) is 0 Å². The standard InChI is InChI=1S/C16H18O6S/c1-10-5-7-13(8-6-10)23(20,21)9-14(16(19)22-4)15(11(2)17)12(3)18/h5-9,15H,1-4H3/b14-9+. The quantitative estimate of drug-likeness (QED) is 0.444. The number of hydrogen-bond acceptors (Lipinski definition) is 6. The van der Waals surface area contributed by atoms with Gasteiger partial charge in [-0.3, -0.25) is 9.59 Å². The van der Waals surface area contributed by atoms with Crippen molar-refractivity contribution in [3.63, 3.8) is 0 Å². The SMILES string of the molecule is COC(=O)/C(=C/S(=O)(=O)c1ccc(C)cc1)C(C(C)=O)C(C)=O. The topological polar surface area (TPSA) is 94.6 Å². The number of methoxy groups -OCH3 is 1. The van der Waals surface area contributed by atoms with Gasteiger partial charge in [-0.1, -0.05) is 17.7 Å². The van der Waals surface area contributed by atoms with Crippen molar-refractivity contribution in [3.8, 4) is 0 Å². The molecule has 1 aromatic carbocycles. The zero-order valence-electron chi connectivity index (χ0n) is 13.3. The van der Waals surface area contributed by atoms with Gasteiger partial charge in [0.25, 0.3) is 0 Å². The third-order valence-corrected chi connectivity index (χ3v) is 4.67. The van der Waals surface area contributed by atoms with Gasteiger partial charge in [-0.05, 0) is 32.9 Å². The van der Waals surface area contributed by atoms with Crippen molar-refractivity contribution < 1.29 is 27.5 Å². The maximum absolute atomic E-state index is 12.4. The summed E-state index contributed by atoms with van der Waals surface area (Å²) in [4.78, 5) is 35.1. The third-order valence-electron chi connectivity index (χ3n) is 3.18. The Morgan fingerprint density at radius 1 is 1.04 bits per heavy atom. The maximum Gasteiger partial charge on any atom is 0.335 e. The van der Waals surface area contributed by atoms with E-state index in [1.165, 1.54) is 12.1 Å². The molecule has 0 saturated carbocycles. The lowest BCUT2D eigenvalue weighted by atomic mass is 9.93. The van der Waals surface area contributed by atoms with Gasteiger partial charge in [0.1, 0.15) is 17.5 Å². The minimum absolute atomic E-state index is 0.0460. The second-order valence-electron chi connectivity index (χ2n) is 5.08. The summed E-state index contributed by atoms with van der Waals surface area (Å²) in [5.74, 6) is -3.76. The average Bonchev–Trinajstić information content (AvgIpc) is 2.45. The van der Waals surface area contributed by atoms with E-state index in [1.807, 2.05) is 0 Å². The predicted molar refractivity (Wildman–Crippen MR) is 83.3 cm³/mol. The minimum atomic E-state index is -4.01. The molecule has 1 aromatic rings. The molecule has 0 aliphatic rings. The van der Waals surface area contributed by atoms with Crippen molar-refractivity contribution in [3.05, 3.63) is 40.8 Å². The van der Waals surface area contributed by atoms with Gasteiger partial charge in [-0.2, -0.15) is 0 Å². The fraction of sp³-hybridized carbons (Fsp3) is 0.312. The van der Waals surface area contributed by atoms with Crippen LogP contribution in [-0.2, 0) is 29.0 Å². The molecular weight excluding hydrogens is 320 g/mol. The van der Waals surface area contributed by atoms with Crippen LogP contribution < -0.4 is 0 Å². The molecule has 0 radical (unpaired) electrons. The first-order chi connectivity index (χ1) is 10.6. The Kier molecular flexibility index (Phi) is 5.98. The Hall–Kier alpha value is -2.28. The molecule has 0 fully saturated rings. The molecule has 0 unspecified atom stereocenters. The van der Waals surface area contributed by atoms with Crippen LogP contribution in [0.15, 0.2) is 40.1 Å². The lowest BCUT2D eigenvalue weighted by Gasteiger charge is -2.13. The van der Waals surface area contributed by atoms with Crippen LogP contribution in [0.5, 0.6) is 0 Å². The second-order valence-corrected chi connectivity index (χ2v) is 6.87. The number of Topliss-reactive ketones (excluding diaryl/α,β-unsaturated/α-hetero) is 2. The van der Waals surface area contributed by atoms with Gasteiger partial charge in [0.2, 0.25) is 0 Å². The molecule has 124 valence electrons. The van der Waals surface area contributed by atoms with E-state index in [2.05, 4.69) is 4.74 Å². The molecule has 7 heteroatoms. The number of ketones is 2. The molecule has 0 saturated heterocycles. The summed E-state index contributed by atoms with van der Waals surface area (Å²) in [5.41, 5.74) is 0.375. The number of sulfone groups is 1. The largest absolute Gasteiger partial charge is 0.466 e. The number of rotatable bonds is 6. The van der Waals surface area contributed by atoms with Crippen LogP contribution in [0.3, 0.4) is 0 Å². The number of hydrogen-bond donors (Lipinski definition) is 0. The van der Waals surface area contributed by atoms with Crippen LogP contribution >= 0.6 is 0 Å². The lowest BCUT2D eigenvalue weighted by Crippen LogP contribution is -2.27. The zero-order chi connectivity index (χ0) is 17.8. The Morgan fingerprint density at radius 3 is 1.91 bits per heavy atom. The van der Waals surface area contributed by atoms with Gasteiger partial charge in [0.15, 0.2) is 9.84 Å². The van der Waals surface area contributed by atoms with Crippen LogP contribution in [0, 0.1) is 12.8 Å². The summed E-state index contributed by atoms with van der Waals surface area (Å²) >= 11 is 0. The summed E-state index contributed by atoms with van der Waals surface area (Å²) in [7, 11) is -2.96. The summed E-state index contributed by atoms with van der Waals surface area (Å²) < 4.78 is 29.4. The van der Waals surface area contributed by atoms with Crippen molar-refractivity contribution in [2.24, 2.45) is 5.92 Å². The predicted octanol–water partition coefficient (Wildman–Crippen LogP) is 1.62. The van der Waals surface area contributed by atoms with Gasteiger partial charge in [-0.25, -0.2) is 13.2 Å². The molecule has 0 heterocycles. The molecule has 0 aliphatic carbocycles. The summed E-state index contributed by atoms with van der Waals surface area (Å²) in [6.45, 7) is 4.02. The summed E-state index contributed by atoms with van der Waals surface area (Å²) in [6, 6.07) is 5.97. The molecule has 0 spiro atoms. The fourth-order valence-electron chi connectivity index (χ4n) is 2.04. The van der Waals surface area contributed by atoms with Crippen molar-refractivity contribution in [2.45, 2.75) is 25.7 Å². The molecule has 0 bridgehead atoms. The van der Waals surface area contributed by atoms with E-state index in [4.69, 9.17) is 0 Å². The number of esters is 1. The molecule has 1 rings (SSSR count). The van der Waals surface area contributed by atoms with Crippen LogP contribution in [-0.4, -0.2) is 33.1 Å². The van der Waals surface area contributed by atoms with E-state index >= 15 is 0 Å². The van der Waals surface area contributed by atoms with Crippen molar-refractivity contribution in [1.82, 2.24) is 0 Å². The second kappa shape index (κ2) is 7.32. The highest BCUT2D eigenvalue weighted by molar-refractivity contribution is 7.94. The van der Waals surface area contributed by atoms with E-state index in [9.17, 15) is 22.8 Å². The van der Waals surface area contributed by atoms with Crippen LogP contribution in [0.2, 0.25) is 0 Å². The van der Waals surface area contributed by atoms with Gasteiger partial charge >= 0.3 is 5.97 Å². The molecule has 6 nitrogen and oxygen atoms in total. The van der Waals surface area contributed by atoms with Gasteiger partial charge in [0.05, 0.1) is 17.6 Å². The fourth-order valence-corrected chi connectivity index (χ4v) is 3.26. The van der Waals surface area contributed by atoms with Crippen molar-refractivity contribution in [2.75, 3.05) is 7.11 Å². The number of aryl methyl sites for hydroxylation is 1. The number of ether oxygens (including phenoxy) is 1. The first-order valence-electron chi connectivity index (χ1n) is 6.72. The van der Waals surface area contributed by atoms with Crippen LogP contribution in [0.4, 0.5) is 0 Å². The Balaban J connectivity index is 3.49. The van der Waals surface area contributed by atoms with E-state index in [0.29, 0.717) is 5.41 Å². The van der Waals surface area contributed by atoms with Gasteiger partial charge in [0, 0.05) is 5.41 Å².